The van der Waals surface area contributed by atoms with Gasteiger partial charge in [0.25, 0.3) is 0 Å². The Hall–Kier alpha value is -1.10. The van der Waals surface area contributed by atoms with E-state index in [1.54, 1.807) is 0 Å². The summed E-state index contributed by atoms with van der Waals surface area (Å²) in [6.07, 6.45) is 20.0. The number of esters is 1. The van der Waals surface area contributed by atoms with Crippen molar-refractivity contribution < 1.29 is 24.2 Å². The van der Waals surface area contributed by atoms with E-state index < -0.39 is 5.97 Å². The van der Waals surface area contributed by atoms with Crippen LogP contribution in [-0.4, -0.2) is 36.9 Å². The molecule has 0 saturated carbocycles. The van der Waals surface area contributed by atoms with Crippen LogP contribution < -0.4 is 0 Å². The topological polar surface area (TPSA) is 72.8 Å². The van der Waals surface area contributed by atoms with Gasteiger partial charge in [0.1, 0.15) is 13.2 Å². The van der Waals surface area contributed by atoms with Gasteiger partial charge in [0.05, 0.1) is 6.61 Å². The van der Waals surface area contributed by atoms with Crippen LogP contribution in [0.3, 0.4) is 0 Å². The smallest absolute Gasteiger partial charge is 0.329 e. The summed E-state index contributed by atoms with van der Waals surface area (Å²) < 4.78 is 9.79. The number of hydrogen-bond donors (Lipinski definition) is 1. The first-order chi connectivity index (χ1) is 13.2. The van der Waals surface area contributed by atoms with E-state index in [4.69, 9.17) is 14.6 Å². The first-order valence-corrected chi connectivity index (χ1v) is 11.1. The van der Waals surface area contributed by atoms with E-state index in [0.717, 1.165) is 12.8 Å². The van der Waals surface area contributed by atoms with E-state index in [1.165, 1.54) is 83.5 Å². The number of rotatable bonds is 21. The fraction of sp³-hybridized carbons (Fsp3) is 0.909. The summed E-state index contributed by atoms with van der Waals surface area (Å²) in [5.74, 6) is -1.23. The number of aliphatic carboxylic acids is 1. The van der Waals surface area contributed by atoms with Crippen LogP contribution in [0.2, 0.25) is 0 Å². The molecule has 0 aliphatic heterocycles. The molecule has 0 spiro atoms. The van der Waals surface area contributed by atoms with Gasteiger partial charge in [-0.25, -0.2) is 4.79 Å². The Labute approximate surface area is 166 Å². The van der Waals surface area contributed by atoms with E-state index in [-0.39, 0.29) is 25.8 Å². The molecule has 0 amide bonds. The molecule has 0 aromatic rings. The minimum atomic E-state index is -1.01. The first kappa shape index (κ1) is 25.9. The van der Waals surface area contributed by atoms with Crippen molar-refractivity contribution >= 4 is 11.9 Å². The lowest BCUT2D eigenvalue weighted by atomic mass is 10.0. The van der Waals surface area contributed by atoms with Gasteiger partial charge in [-0.15, -0.1) is 0 Å². The molecule has 1 N–H and O–H groups in total. The highest BCUT2D eigenvalue weighted by atomic mass is 16.6. The maximum atomic E-state index is 11.5. The predicted octanol–water partition coefficient (Wildman–Crippen LogP) is 5.89. The Bertz CT molecular complexity index is 344. The molecule has 0 aromatic heterocycles. The van der Waals surface area contributed by atoms with E-state index in [2.05, 4.69) is 6.92 Å². The average Bonchev–Trinajstić information content (AvgIpc) is 2.64. The Morgan fingerprint density at radius 1 is 0.667 bits per heavy atom. The molecule has 0 aromatic carbocycles. The minimum absolute atomic E-state index is 0.130. The zero-order valence-corrected chi connectivity index (χ0v) is 17.5. The molecule has 27 heavy (non-hydrogen) atoms. The van der Waals surface area contributed by atoms with Gasteiger partial charge in [0, 0.05) is 6.42 Å². The highest BCUT2D eigenvalue weighted by molar-refractivity contribution is 5.69. The van der Waals surface area contributed by atoms with Gasteiger partial charge in [-0.05, 0) is 6.42 Å². The van der Waals surface area contributed by atoms with Crippen LogP contribution >= 0.6 is 0 Å². The van der Waals surface area contributed by atoms with Crippen molar-refractivity contribution in [3.8, 4) is 0 Å². The molecule has 0 heterocycles. The molecule has 0 aliphatic carbocycles. The summed E-state index contributed by atoms with van der Waals surface area (Å²) in [5.41, 5.74) is 0. The third-order valence-corrected chi connectivity index (χ3v) is 4.70. The summed E-state index contributed by atoms with van der Waals surface area (Å²) in [7, 11) is 0. The molecule has 5 heteroatoms. The number of hydrogen-bond acceptors (Lipinski definition) is 4. The highest BCUT2D eigenvalue weighted by Crippen LogP contribution is 2.13. The van der Waals surface area contributed by atoms with E-state index in [0.29, 0.717) is 6.42 Å². The predicted molar refractivity (Wildman–Crippen MR) is 109 cm³/mol. The summed E-state index contributed by atoms with van der Waals surface area (Å²) >= 11 is 0. The van der Waals surface area contributed by atoms with Crippen LogP contribution in [0.15, 0.2) is 0 Å². The molecule has 0 radical (unpaired) electrons. The number of carboxylic acid groups (broad SMARTS) is 1. The van der Waals surface area contributed by atoms with Crippen LogP contribution in [0.25, 0.3) is 0 Å². The second kappa shape index (κ2) is 21.2. The number of carbonyl (C=O) groups excluding carboxylic acids is 1. The Morgan fingerprint density at radius 2 is 1.11 bits per heavy atom. The minimum Gasteiger partial charge on any atom is -0.480 e. The third-order valence-electron chi connectivity index (χ3n) is 4.70. The van der Waals surface area contributed by atoms with E-state index in [9.17, 15) is 9.59 Å². The number of ether oxygens (including phenoxy) is 2. The molecular formula is C22H42O5. The third kappa shape index (κ3) is 22.9. The molecule has 5 nitrogen and oxygen atoms in total. The van der Waals surface area contributed by atoms with Crippen molar-refractivity contribution in [3.05, 3.63) is 0 Å². The molecule has 160 valence electrons. The Kier molecular flexibility index (Phi) is 20.3. The molecule has 0 rings (SSSR count). The van der Waals surface area contributed by atoms with Gasteiger partial charge in [-0.1, -0.05) is 96.8 Å². The monoisotopic (exact) mass is 386 g/mol. The van der Waals surface area contributed by atoms with Crippen molar-refractivity contribution in [2.45, 2.75) is 110 Å². The highest BCUT2D eigenvalue weighted by Gasteiger charge is 2.03. The van der Waals surface area contributed by atoms with Crippen molar-refractivity contribution in [2.75, 3.05) is 19.8 Å². The molecule has 0 aliphatic rings. The SMILES string of the molecule is CCCCCCCCCCCCCCCCCC(=O)OCCOCC(=O)O. The van der Waals surface area contributed by atoms with E-state index in [1.807, 2.05) is 0 Å². The van der Waals surface area contributed by atoms with Gasteiger partial charge in [0.15, 0.2) is 0 Å². The molecule has 0 fully saturated rings. The second-order valence-electron chi connectivity index (χ2n) is 7.37. The first-order valence-electron chi connectivity index (χ1n) is 11.1. The second-order valence-corrected chi connectivity index (χ2v) is 7.37. The van der Waals surface area contributed by atoms with Crippen LogP contribution in [0.5, 0.6) is 0 Å². The fourth-order valence-corrected chi connectivity index (χ4v) is 3.09. The summed E-state index contributed by atoms with van der Waals surface area (Å²) in [6.45, 7) is 2.18. The van der Waals surface area contributed by atoms with Crippen LogP contribution in [0, 0.1) is 0 Å². The zero-order chi connectivity index (χ0) is 20.0. The largest absolute Gasteiger partial charge is 0.480 e. The van der Waals surface area contributed by atoms with Gasteiger partial charge < -0.3 is 14.6 Å². The summed E-state index contributed by atoms with van der Waals surface area (Å²) in [4.78, 5) is 21.7. The normalized spacial score (nSPS) is 10.9. The average molecular weight is 387 g/mol. The quantitative estimate of drug-likeness (QED) is 0.197. The number of unbranched alkanes of at least 4 members (excludes halogenated alkanes) is 14. The van der Waals surface area contributed by atoms with Gasteiger partial charge in [-0.2, -0.15) is 0 Å². The van der Waals surface area contributed by atoms with Crippen molar-refractivity contribution in [3.63, 3.8) is 0 Å². The lowest BCUT2D eigenvalue weighted by molar-refractivity contribution is -0.147. The van der Waals surface area contributed by atoms with Crippen LogP contribution in [-0.2, 0) is 19.1 Å². The zero-order valence-electron chi connectivity index (χ0n) is 17.5. The van der Waals surface area contributed by atoms with Crippen LogP contribution in [0.4, 0.5) is 0 Å². The van der Waals surface area contributed by atoms with Gasteiger partial charge in [-0.3, -0.25) is 4.79 Å². The fourth-order valence-electron chi connectivity index (χ4n) is 3.09. The maximum absolute atomic E-state index is 11.5. The van der Waals surface area contributed by atoms with Crippen LogP contribution in [0.1, 0.15) is 110 Å². The molecule has 0 atom stereocenters. The van der Waals surface area contributed by atoms with Crippen molar-refractivity contribution in [1.82, 2.24) is 0 Å². The molecule has 0 saturated heterocycles. The van der Waals surface area contributed by atoms with E-state index >= 15 is 0 Å². The molecule has 0 unspecified atom stereocenters. The van der Waals surface area contributed by atoms with Crippen molar-refractivity contribution in [1.29, 1.82) is 0 Å². The number of carboxylic acids is 1. The summed E-state index contributed by atoms with van der Waals surface area (Å²) in [5, 5.41) is 8.39. The number of carbonyl (C=O) groups is 2. The van der Waals surface area contributed by atoms with Crippen molar-refractivity contribution in [2.24, 2.45) is 0 Å². The molecule has 0 bridgehead atoms. The summed E-state index contributed by atoms with van der Waals surface area (Å²) in [6, 6.07) is 0. The Morgan fingerprint density at radius 3 is 1.56 bits per heavy atom. The lowest BCUT2D eigenvalue weighted by Gasteiger charge is -2.05. The van der Waals surface area contributed by atoms with Gasteiger partial charge in [0.2, 0.25) is 0 Å². The van der Waals surface area contributed by atoms with Gasteiger partial charge >= 0.3 is 11.9 Å². The Balaban J connectivity index is 3.13. The molecular weight excluding hydrogens is 344 g/mol. The standard InChI is InChI=1S/C22H42O5/c1-2-3-4-5-6-7-8-9-10-11-12-13-14-15-16-17-22(25)27-19-18-26-20-21(23)24/h2-20H2,1H3,(H,23,24). The lowest BCUT2D eigenvalue weighted by Crippen LogP contribution is -2.14. The maximum Gasteiger partial charge on any atom is 0.329 e.